The molecule has 0 spiro atoms. The second kappa shape index (κ2) is 9.92. The van der Waals surface area contributed by atoms with Crippen LogP contribution < -0.4 is 15.1 Å². The first kappa shape index (κ1) is 21.3. The predicted octanol–water partition coefficient (Wildman–Crippen LogP) is 2.43. The molecule has 1 unspecified atom stereocenters. The van der Waals surface area contributed by atoms with Crippen LogP contribution in [-0.2, 0) is 0 Å². The first-order chi connectivity index (χ1) is 15.1. The molecule has 1 atom stereocenters. The van der Waals surface area contributed by atoms with Gasteiger partial charge < -0.3 is 25.1 Å². The quantitative estimate of drug-likeness (QED) is 0.774. The number of piperazine rings is 2. The fraction of sp³-hybridized carbons (Fsp3) is 0.458. The van der Waals surface area contributed by atoms with Crippen molar-refractivity contribution in [3.05, 3.63) is 54.6 Å². The van der Waals surface area contributed by atoms with E-state index < -0.39 is 0 Å². The van der Waals surface area contributed by atoms with Crippen molar-refractivity contribution in [2.75, 3.05) is 68.7 Å². The van der Waals surface area contributed by atoms with Gasteiger partial charge in [0.1, 0.15) is 5.75 Å². The molecular formula is C24H33N5O2. The molecule has 2 fully saturated rings. The third kappa shape index (κ3) is 5.41. The standard InChI is InChI=1S/C24H33N5O2/c1-20(26-10-12-27(13-11-26)21-6-3-2-4-7-21)19-25-24(31)29-16-14-28(15-17-29)22-8-5-9-23(30)18-22/h2-9,18,20,30H,10-17,19H2,1H3,(H,25,31). The molecule has 2 N–H and O–H groups in total. The maximum Gasteiger partial charge on any atom is 0.317 e. The number of nitrogens with one attached hydrogen (secondary N) is 1. The molecule has 0 saturated carbocycles. The Morgan fingerprint density at radius 3 is 2.16 bits per heavy atom. The van der Waals surface area contributed by atoms with Gasteiger partial charge in [0.05, 0.1) is 0 Å². The number of urea groups is 1. The molecule has 2 aliphatic heterocycles. The van der Waals surface area contributed by atoms with E-state index in [1.165, 1.54) is 5.69 Å². The average Bonchev–Trinajstić information content (AvgIpc) is 2.83. The van der Waals surface area contributed by atoms with E-state index in [4.69, 9.17) is 0 Å². The molecule has 0 bridgehead atoms. The number of carbonyl (C=O) groups is 1. The number of benzene rings is 2. The van der Waals surface area contributed by atoms with Gasteiger partial charge in [-0.2, -0.15) is 0 Å². The number of carbonyl (C=O) groups excluding carboxylic acids is 1. The van der Waals surface area contributed by atoms with Crippen molar-refractivity contribution in [1.82, 2.24) is 15.1 Å². The minimum absolute atomic E-state index is 0.0188. The van der Waals surface area contributed by atoms with Crippen molar-refractivity contribution < 1.29 is 9.90 Å². The number of amides is 2. The summed E-state index contributed by atoms with van der Waals surface area (Å²) in [6.45, 7) is 9.82. The van der Waals surface area contributed by atoms with Crippen molar-refractivity contribution in [2.45, 2.75) is 13.0 Å². The molecule has 0 aliphatic carbocycles. The molecule has 0 aromatic heterocycles. The van der Waals surface area contributed by atoms with Gasteiger partial charge in [0.2, 0.25) is 0 Å². The summed E-state index contributed by atoms with van der Waals surface area (Å²) in [4.78, 5) is 21.6. The molecule has 2 aliphatic rings. The molecule has 166 valence electrons. The summed E-state index contributed by atoms with van der Waals surface area (Å²) in [6.07, 6.45) is 0. The van der Waals surface area contributed by atoms with Crippen LogP contribution in [0.4, 0.5) is 16.2 Å². The van der Waals surface area contributed by atoms with Gasteiger partial charge in [0, 0.05) is 82.4 Å². The van der Waals surface area contributed by atoms with E-state index in [-0.39, 0.29) is 11.8 Å². The number of phenols is 1. The molecule has 2 aromatic rings. The minimum atomic E-state index is 0.0188. The van der Waals surface area contributed by atoms with Crippen molar-refractivity contribution in [3.8, 4) is 5.75 Å². The van der Waals surface area contributed by atoms with Crippen LogP contribution in [0, 0.1) is 0 Å². The summed E-state index contributed by atoms with van der Waals surface area (Å²) >= 11 is 0. The lowest BCUT2D eigenvalue weighted by atomic mass is 10.2. The number of hydrogen-bond acceptors (Lipinski definition) is 5. The fourth-order valence-corrected chi connectivity index (χ4v) is 4.39. The average molecular weight is 424 g/mol. The van der Waals surface area contributed by atoms with Gasteiger partial charge in [-0.15, -0.1) is 0 Å². The molecule has 2 heterocycles. The van der Waals surface area contributed by atoms with Gasteiger partial charge in [-0.3, -0.25) is 4.90 Å². The summed E-state index contributed by atoms with van der Waals surface area (Å²) in [5.74, 6) is 0.274. The maximum absolute atomic E-state index is 12.6. The van der Waals surface area contributed by atoms with Gasteiger partial charge in [0.25, 0.3) is 0 Å². The summed E-state index contributed by atoms with van der Waals surface area (Å²) < 4.78 is 0. The van der Waals surface area contributed by atoms with E-state index in [0.717, 1.165) is 45.0 Å². The maximum atomic E-state index is 12.6. The first-order valence-corrected chi connectivity index (χ1v) is 11.2. The number of anilines is 2. The zero-order valence-corrected chi connectivity index (χ0v) is 18.3. The third-order valence-corrected chi connectivity index (χ3v) is 6.37. The Bertz CT molecular complexity index is 846. The lowest BCUT2D eigenvalue weighted by Crippen LogP contribution is -2.55. The van der Waals surface area contributed by atoms with Crippen LogP contribution in [0.25, 0.3) is 0 Å². The number of rotatable bonds is 5. The van der Waals surface area contributed by atoms with E-state index >= 15 is 0 Å². The number of phenolic OH excluding ortho intramolecular Hbond substituents is 1. The molecule has 31 heavy (non-hydrogen) atoms. The smallest absolute Gasteiger partial charge is 0.317 e. The summed E-state index contributed by atoms with van der Waals surface area (Å²) in [5.41, 5.74) is 2.29. The Hall–Kier alpha value is -2.93. The SMILES string of the molecule is CC(CNC(=O)N1CCN(c2cccc(O)c2)CC1)N1CCN(c2ccccc2)CC1. The second-order valence-corrected chi connectivity index (χ2v) is 8.39. The number of hydrogen-bond donors (Lipinski definition) is 2. The van der Waals surface area contributed by atoms with Crippen LogP contribution in [0.15, 0.2) is 54.6 Å². The zero-order chi connectivity index (χ0) is 21.6. The highest BCUT2D eigenvalue weighted by atomic mass is 16.3. The molecule has 2 saturated heterocycles. The van der Waals surface area contributed by atoms with Crippen LogP contribution in [0.3, 0.4) is 0 Å². The Kier molecular flexibility index (Phi) is 6.82. The Morgan fingerprint density at radius 1 is 0.871 bits per heavy atom. The number of para-hydroxylation sites is 1. The monoisotopic (exact) mass is 423 g/mol. The molecule has 2 amide bonds. The van der Waals surface area contributed by atoms with Gasteiger partial charge in [-0.1, -0.05) is 24.3 Å². The predicted molar refractivity (Wildman–Crippen MR) is 125 cm³/mol. The number of nitrogens with zero attached hydrogens (tertiary/aromatic N) is 4. The van der Waals surface area contributed by atoms with Gasteiger partial charge in [-0.25, -0.2) is 4.79 Å². The summed E-state index contributed by atoms with van der Waals surface area (Å²) in [6, 6.07) is 18.2. The molecule has 7 nitrogen and oxygen atoms in total. The molecular weight excluding hydrogens is 390 g/mol. The fourth-order valence-electron chi connectivity index (χ4n) is 4.39. The van der Waals surface area contributed by atoms with E-state index in [1.54, 1.807) is 12.1 Å². The third-order valence-electron chi connectivity index (χ3n) is 6.37. The normalized spacial score (nSPS) is 18.7. The van der Waals surface area contributed by atoms with E-state index in [2.05, 4.69) is 57.3 Å². The molecule has 2 aromatic carbocycles. The lowest BCUT2D eigenvalue weighted by molar-refractivity contribution is 0.174. The topological polar surface area (TPSA) is 62.3 Å². The summed E-state index contributed by atoms with van der Waals surface area (Å²) in [7, 11) is 0. The van der Waals surface area contributed by atoms with Crippen LogP contribution >= 0.6 is 0 Å². The Labute approximate surface area is 184 Å². The largest absolute Gasteiger partial charge is 0.508 e. The number of aromatic hydroxyl groups is 1. The Balaban J connectivity index is 1.18. The zero-order valence-electron chi connectivity index (χ0n) is 18.3. The highest BCUT2D eigenvalue weighted by Crippen LogP contribution is 2.21. The van der Waals surface area contributed by atoms with E-state index in [1.807, 2.05) is 17.0 Å². The van der Waals surface area contributed by atoms with Crippen molar-refractivity contribution in [3.63, 3.8) is 0 Å². The van der Waals surface area contributed by atoms with Gasteiger partial charge in [-0.05, 0) is 31.2 Å². The Morgan fingerprint density at radius 2 is 1.48 bits per heavy atom. The highest BCUT2D eigenvalue weighted by Gasteiger charge is 2.24. The second-order valence-electron chi connectivity index (χ2n) is 8.39. The van der Waals surface area contributed by atoms with Crippen molar-refractivity contribution >= 4 is 17.4 Å². The molecule has 7 heteroatoms. The van der Waals surface area contributed by atoms with Crippen LogP contribution in [0.2, 0.25) is 0 Å². The molecule has 0 radical (unpaired) electrons. The van der Waals surface area contributed by atoms with Crippen LogP contribution in [-0.4, -0.2) is 85.9 Å². The minimum Gasteiger partial charge on any atom is -0.508 e. The highest BCUT2D eigenvalue weighted by molar-refractivity contribution is 5.74. The van der Waals surface area contributed by atoms with Gasteiger partial charge in [0.15, 0.2) is 0 Å². The summed E-state index contributed by atoms with van der Waals surface area (Å²) in [5, 5.41) is 12.8. The van der Waals surface area contributed by atoms with E-state index in [9.17, 15) is 9.90 Å². The lowest BCUT2D eigenvalue weighted by Gasteiger charge is -2.39. The van der Waals surface area contributed by atoms with E-state index in [0.29, 0.717) is 25.7 Å². The van der Waals surface area contributed by atoms with Crippen LogP contribution in [0.1, 0.15) is 6.92 Å². The first-order valence-electron chi connectivity index (χ1n) is 11.2. The van der Waals surface area contributed by atoms with Gasteiger partial charge >= 0.3 is 6.03 Å². The molecule has 4 rings (SSSR count). The van der Waals surface area contributed by atoms with Crippen LogP contribution in [0.5, 0.6) is 5.75 Å². The van der Waals surface area contributed by atoms with Crippen molar-refractivity contribution in [1.29, 1.82) is 0 Å². The van der Waals surface area contributed by atoms with Crippen molar-refractivity contribution in [2.24, 2.45) is 0 Å².